The first-order valence-corrected chi connectivity index (χ1v) is 5.43. The number of ether oxygens (including phenoxy) is 1. The normalized spacial score (nSPS) is 22.0. The van der Waals surface area contributed by atoms with Crippen LogP contribution in [0.4, 0.5) is 0 Å². The number of nitrogens with zero attached hydrogens (tertiary/aromatic N) is 2. The number of rotatable bonds is 3. The van der Waals surface area contributed by atoms with Crippen LogP contribution in [0, 0.1) is 5.92 Å². The van der Waals surface area contributed by atoms with Gasteiger partial charge in [-0.05, 0) is 18.1 Å². The molecule has 0 spiro atoms. The van der Waals surface area contributed by atoms with Gasteiger partial charge in [-0.15, -0.1) is 0 Å². The summed E-state index contributed by atoms with van der Waals surface area (Å²) in [5, 5.41) is 0. The summed E-state index contributed by atoms with van der Waals surface area (Å²) in [5.74, 6) is 1.27. The van der Waals surface area contributed by atoms with Gasteiger partial charge in [0.2, 0.25) is 5.90 Å². The number of hydrogen-bond donors (Lipinski definition) is 0. The van der Waals surface area contributed by atoms with E-state index < -0.39 is 0 Å². The van der Waals surface area contributed by atoms with Crippen molar-refractivity contribution in [2.75, 3.05) is 6.61 Å². The number of aromatic nitrogens is 1. The summed E-state index contributed by atoms with van der Waals surface area (Å²) in [6.07, 6.45) is 2.89. The van der Waals surface area contributed by atoms with E-state index in [9.17, 15) is 0 Å². The third-order valence-corrected chi connectivity index (χ3v) is 2.86. The predicted molar refractivity (Wildman–Crippen MR) is 60.0 cm³/mol. The first-order valence-electron chi connectivity index (χ1n) is 5.43. The zero-order valence-electron chi connectivity index (χ0n) is 9.18. The molecule has 0 saturated carbocycles. The Labute approximate surface area is 90.2 Å². The van der Waals surface area contributed by atoms with Crippen molar-refractivity contribution in [3.63, 3.8) is 0 Å². The summed E-state index contributed by atoms with van der Waals surface area (Å²) in [7, 11) is 0. The quantitative estimate of drug-likeness (QED) is 0.757. The molecule has 0 fully saturated rings. The monoisotopic (exact) mass is 204 g/mol. The van der Waals surface area contributed by atoms with Crippen LogP contribution in [0.2, 0.25) is 0 Å². The van der Waals surface area contributed by atoms with Crippen molar-refractivity contribution >= 4 is 5.90 Å². The van der Waals surface area contributed by atoms with Gasteiger partial charge >= 0.3 is 0 Å². The number of pyridine rings is 1. The lowest BCUT2D eigenvalue weighted by atomic mass is 10.0. The van der Waals surface area contributed by atoms with Crippen LogP contribution in [-0.2, 0) is 4.74 Å². The highest BCUT2D eigenvalue weighted by atomic mass is 16.5. The van der Waals surface area contributed by atoms with Crippen LogP contribution in [0.3, 0.4) is 0 Å². The molecular weight excluding hydrogens is 188 g/mol. The van der Waals surface area contributed by atoms with E-state index >= 15 is 0 Å². The van der Waals surface area contributed by atoms with Gasteiger partial charge in [0.05, 0.1) is 6.04 Å². The van der Waals surface area contributed by atoms with E-state index in [4.69, 9.17) is 4.74 Å². The topological polar surface area (TPSA) is 34.5 Å². The van der Waals surface area contributed by atoms with Crippen molar-refractivity contribution in [1.82, 2.24) is 4.98 Å². The molecule has 0 radical (unpaired) electrons. The van der Waals surface area contributed by atoms with Crippen LogP contribution in [0.25, 0.3) is 0 Å². The zero-order chi connectivity index (χ0) is 10.7. The van der Waals surface area contributed by atoms with Gasteiger partial charge in [0.1, 0.15) is 12.3 Å². The van der Waals surface area contributed by atoms with E-state index in [1.165, 1.54) is 0 Å². The van der Waals surface area contributed by atoms with E-state index in [0.29, 0.717) is 24.5 Å². The lowest BCUT2D eigenvalue weighted by Gasteiger charge is -2.11. The second kappa shape index (κ2) is 4.43. The van der Waals surface area contributed by atoms with E-state index in [-0.39, 0.29) is 0 Å². The standard InChI is InChI=1S/C12H16N2O/c1-3-9(2)11-8-15-12(14-11)10-6-4-5-7-13-10/h4-7,9,11H,3,8H2,1-2H3/t9-,11-/m0/s1. The van der Waals surface area contributed by atoms with Gasteiger partial charge < -0.3 is 4.74 Å². The molecule has 2 rings (SSSR count). The van der Waals surface area contributed by atoms with Crippen molar-refractivity contribution in [1.29, 1.82) is 0 Å². The Kier molecular flexibility index (Phi) is 2.99. The second-order valence-electron chi connectivity index (χ2n) is 3.91. The fraction of sp³-hybridized carbons (Fsp3) is 0.500. The SMILES string of the molecule is CC[C@H](C)[C@@H]1COC(c2ccccn2)=N1. The molecule has 1 aromatic rings. The van der Waals surface area contributed by atoms with Crippen molar-refractivity contribution in [3.8, 4) is 0 Å². The zero-order valence-corrected chi connectivity index (χ0v) is 9.18. The first kappa shape index (κ1) is 10.1. The minimum atomic E-state index is 0.298. The van der Waals surface area contributed by atoms with E-state index in [2.05, 4.69) is 23.8 Å². The molecule has 0 amide bonds. The lowest BCUT2D eigenvalue weighted by Crippen LogP contribution is -2.16. The van der Waals surface area contributed by atoms with Crippen LogP contribution in [0.1, 0.15) is 26.0 Å². The number of aliphatic imine (C=N–C) groups is 1. The van der Waals surface area contributed by atoms with Crippen molar-refractivity contribution in [2.24, 2.45) is 10.9 Å². The van der Waals surface area contributed by atoms with Gasteiger partial charge in [0.15, 0.2) is 0 Å². The molecule has 1 aliphatic rings. The van der Waals surface area contributed by atoms with Gasteiger partial charge in [-0.1, -0.05) is 26.3 Å². The molecule has 1 aromatic heterocycles. The Balaban J connectivity index is 2.13. The maximum atomic E-state index is 5.56. The molecule has 0 aliphatic carbocycles. The first-order chi connectivity index (χ1) is 7.31. The summed E-state index contributed by atoms with van der Waals surface area (Å²) in [6, 6.07) is 6.07. The summed E-state index contributed by atoms with van der Waals surface area (Å²) < 4.78 is 5.56. The molecule has 2 heterocycles. The molecule has 0 bridgehead atoms. The molecule has 3 heteroatoms. The summed E-state index contributed by atoms with van der Waals surface area (Å²) in [5.41, 5.74) is 0.836. The molecular formula is C12H16N2O. The van der Waals surface area contributed by atoms with E-state index in [1.807, 2.05) is 18.2 Å². The third-order valence-electron chi connectivity index (χ3n) is 2.86. The Hall–Kier alpha value is -1.38. The Morgan fingerprint density at radius 2 is 2.40 bits per heavy atom. The maximum Gasteiger partial charge on any atom is 0.235 e. The third kappa shape index (κ3) is 2.17. The molecule has 80 valence electrons. The van der Waals surface area contributed by atoms with Crippen LogP contribution in [0.5, 0.6) is 0 Å². The van der Waals surface area contributed by atoms with Gasteiger partial charge in [-0.25, -0.2) is 4.99 Å². The molecule has 15 heavy (non-hydrogen) atoms. The highest BCUT2D eigenvalue weighted by Crippen LogP contribution is 2.18. The highest BCUT2D eigenvalue weighted by molar-refractivity contribution is 5.93. The minimum absolute atomic E-state index is 0.298. The lowest BCUT2D eigenvalue weighted by molar-refractivity contribution is 0.282. The van der Waals surface area contributed by atoms with E-state index in [0.717, 1.165) is 12.1 Å². The average Bonchev–Trinajstić information content (AvgIpc) is 2.78. The molecule has 1 aliphatic heterocycles. The van der Waals surface area contributed by atoms with Gasteiger partial charge in [0, 0.05) is 6.20 Å². The van der Waals surface area contributed by atoms with Gasteiger partial charge in [-0.2, -0.15) is 0 Å². The smallest absolute Gasteiger partial charge is 0.235 e. The van der Waals surface area contributed by atoms with Gasteiger partial charge in [0.25, 0.3) is 0 Å². The Morgan fingerprint density at radius 1 is 1.53 bits per heavy atom. The second-order valence-corrected chi connectivity index (χ2v) is 3.91. The molecule has 0 unspecified atom stereocenters. The average molecular weight is 204 g/mol. The van der Waals surface area contributed by atoms with E-state index in [1.54, 1.807) is 6.20 Å². The molecule has 3 nitrogen and oxygen atoms in total. The molecule has 0 N–H and O–H groups in total. The highest BCUT2D eigenvalue weighted by Gasteiger charge is 2.24. The van der Waals surface area contributed by atoms with Crippen LogP contribution in [-0.4, -0.2) is 23.5 Å². The summed E-state index contributed by atoms with van der Waals surface area (Å²) in [4.78, 5) is 8.79. The Bertz CT molecular complexity index is 348. The molecule has 2 atom stereocenters. The molecule has 0 saturated heterocycles. The number of hydrogen-bond acceptors (Lipinski definition) is 3. The minimum Gasteiger partial charge on any atom is -0.474 e. The fourth-order valence-electron chi connectivity index (χ4n) is 1.58. The van der Waals surface area contributed by atoms with Crippen LogP contribution in [0.15, 0.2) is 29.4 Å². The van der Waals surface area contributed by atoms with Crippen LogP contribution < -0.4 is 0 Å². The maximum absolute atomic E-state index is 5.56. The van der Waals surface area contributed by atoms with Crippen molar-refractivity contribution < 1.29 is 4.74 Å². The van der Waals surface area contributed by atoms with Gasteiger partial charge in [-0.3, -0.25) is 4.98 Å². The van der Waals surface area contributed by atoms with Crippen LogP contribution >= 0.6 is 0 Å². The van der Waals surface area contributed by atoms with Crippen molar-refractivity contribution in [2.45, 2.75) is 26.3 Å². The fourth-order valence-corrected chi connectivity index (χ4v) is 1.58. The largest absolute Gasteiger partial charge is 0.474 e. The summed E-state index contributed by atoms with van der Waals surface area (Å²) in [6.45, 7) is 5.08. The van der Waals surface area contributed by atoms with Crippen molar-refractivity contribution in [3.05, 3.63) is 30.1 Å². The predicted octanol–water partition coefficient (Wildman–Crippen LogP) is 2.27. The summed E-state index contributed by atoms with van der Waals surface area (Å²) >= 11 is 0. The Morgan fingerprint density at radius 3 is 3.07 bits per heavy atom. The molecule has 0 aromatic carbocycles.